The van der Waals surface area contributed by atoms with Gasteiger partial charge in [0.05, 0.1) is 5.56 Å². The predicted octanol–water partition coefficient (Wildman–Crippen LogP) is 2.18. The zero-order valence-corrected chi connectivity index (χ0v) is 14.4. The molecule has 0 saturated heterocycles. The number of hydrogen-bond donors (Lipinski definition) is 3. The Bertz CT molecular complexity index is 625. The minimum atomic E-state index is -1.08. The van der Waals surface area contributed by atoms with Crippen LogP contribution in [0.2, 0.25) is 0 Å². The lowest BCUT2D eigenvalue weighted by molar-refractivity contribution is -0.125. The summed E-state index contributed by atoms with van der Waals surface area (Å²) in [6.07, 6.45) is 2.96. The molecule has 1 aliphatic carbocycles. The molecule has 0 aliphatic heterocycles. The maximum Gasteiger partial charge on any atom is 0.335 e. The van der Waals surface area contributed by atoms with E-state index in [4.69, 9.17) is 5.11 Å². The van der Waals surface area contributed by atoms with Crippen molar-refractivity contribution < 1.29 is 19.5 Å². The molecule has 0 spiro atoms. The van der Waals surface area contributed by atoms with Crippen molar-refractivity contribution in [3.8, 4) is 0 Å². The highest BCUT2D eigenvalue weighted by molar-refractivity contribution is 9.10. The zero-order chi connectivity index (χ0) is 17.0. The molecule has 6 nitrogen and oxygen atoms in total. The van der Waals surface area contributed by atoms with Crippen molar-refractivity contribution in [3.63, 3.8) is 0 Å². The van der Waals surface area contributed by atoms with E-state index in [-0.39, 0.29) is 29.3 Å². The third-order valence-corrected chi connectivity index (χ3v) is 4.54. The molecular formula is C16H19BrN2O4. The number of carbonyl (C=O) groups excluding carboxylic acids is 2. The fraction of sp³-hybridized carbons (Fsp3) is 0.438. The number of aromatic carboxylic acids is 1. The van der Waals surface area contributed by atoms with E-state index in [1.807, 2.05) is 0 Å². The van der Waals surface area contributed by atoms with Crippen LogP contribution in [0.5, 0.6) is 0 Å². The average Bonchev–Trinajstić information content (AvgIpc) is 2.54. The Labute approximate surface area is 142 Å². The van der Waals surface area contributed by atoms with Crippen LogP contribution in [0.4, 0.5) is 0 Å². The summed E-state index contributed by atoms with van der Waals surface area (Å²) in [4.78, 5) is 35.0. The largest absolute Gasteiger partial charge is 0.478 e. The van der Waals surface area contributed by atoms with E-state index < -0.39 is 5.97 Å². The molecule has 124 valence electrons. The van der Waals surface area contributed by atoms with E-state index in [1.165, 1.54) is 12.1 Å². The molecule has 3 N–H and O–H groups in total. The molecule has 0 aromatic heterocycles. The summed E-state index contributed by atoms with van der Waals surface area (Å²) in [7, 11) is 1.63. The molecule has 23 heavy (non-hydrogen) atoms. The maximum atomic E-state index is 12.3. The van der Waals surface area contributed by atoms with E-state index >= 15 is 0 Å². The van der Waals surface area contributed by atoms with Crippen LogP contribution in [0.25, 0.3) is 0 Å². The highest BCUT2D eigenvalue weighted by Gasteiger charge is 2.26. The standard InChI is InChI=1S/C16H19BrN2O4/c1-18-14(20)9-2-4-13(5-3-9)19-15(21)10-6-11(16(22)23)8-12(17)7-10/h6-9,13H,2-5H2,1H3,(H,18,20)(H,19,21)(H,22,23). The zero-order valence-electron chi connectivity index (χ0n) is 12.8. The van der Waals surface area contributed by atoms with E-state index in [9.17, 15) is 14.4 Å². The van der Waals surface area contributed by atoms with Gasteiger partial charge in [-0.15, -0.1) is 0 Å². The molecule has 1 fully saturated rings. The quantitative estimate of drug-likeness (QED) is 0.743. The molecule has 1 saturated carbocycles. The normalized spacial score (nSPS) is 20.6. The highest BCUT2D eigenvalue weighted by atomic mass is 79.9. The average molecular weight is 383 g/mol. The lowest BCUT2D eigenvalue weighted by atomic mass is 9.85. The first-order valence-electron chi connectivity index (χ1n) is 7.47. The molecule has 7 heteroatoms. The molecule has 1 aromatic carbocycles. The number of halogens is 1. The number of benzene rings is 1. The second kappa shape index (κ2) is 7.59. The molecule has 1 aliphatic rings. The Morgan fingerprint density at radius 3 is 2.26 bits per heavy atom. The van der Waals surface area contributed by atoms with Crippen LogP contribution in [0.3, 0.4) is 0 Å². The summed E-state index contributed by atoms with van der Waals surface area (Å²) in [5.41, 5.74) is 0.373. The monoisotopic (exact) mass is 382 g/mol. The van der Waals surface area contributed by atoms with Gasteiger partial charge in [-0.05, 0) is 43.9 Å². The van der Waals surface area contributed by atoms with Gasteiger partial charge in [0.2, 0.25) is 5.91 Å². The third-order valence-electron chi connectivity index (χ3n) is 4.09. The minimum absolute atomic E-state index is 0.00988. The summed E-state index contributed by atoms with van der Waals surface area (Å²) in [5.74, 6) is -1.31. The summed E-state index contributed by atoms with van der Waals surface area (Å²) in [5, 5.41) is 14.6. The van der Waals surface area contributed by atoms with Crippen molar-refractivity contribution in [1.29, 1.82) is 0 Å². The van der Waals surface area contributed by atoms with Gasteiger partial charge in [0.1, 0.15) is 0 Å². The molecule has 0 atom stereocenters. The molecule has 2 amide bonds. The Morgan fingerprint density at radius 1 is 1.09 bits per heavy atom. The van der Waals surface area contributed by atoms with Gasteiger partial charge in [-0.1, -0.05) is 15.9 Å². The van der Waals surface area contributed by atoms with Gasteiger partial charge in [0.15, 0.2) is 0 Å². The van der Waals surface area contributed by atoms with Crippen molar-refractivity contribution in [2.24, 2.45) is 5.92 Å². The van der Waals surface area contributed by atoms with Gasteiger partial charge >= 0.3 is 5.97 Å². The van der Waals surface area contributed by atoms with Crippen molar-refractivity contribution >= 4 is 33.7 Å². The summed E-state index contributed by atoms with van der Waals surface area (Å²) >= 11 is 3.22. The Hall–Kier alpha value is -1.89. The fourth-order valence-electron chi connectivity index (χ4n) is 2.82. The van der Waals surface area contributed by atoms with Crippen LogP contribution < -0.4 is 10.6 Å². The Morgan fingerprint density at radius 2 is 1.70 bits per heavy atom. The summed E-state index contributed by atoms with van der Waals surface area (Å²) in [6, 6.07) is 4.42. The van der Waals surface area contributed by atoms with E-state index in [1.54, 1.807) is 13.1 Å². The topological polar surface area (TPSA) is 95.5 Å². The van der Waals surface area contributed by atoms with Crippen LogP contribution in [-0.4, -0.2) is 36.0 Å². The van der Waals surface area contributed by atoms with Crippen LogP contribution in [-0.2, 0) is 4.79 Å². The summed E-state index contributed by atoms with van der Waals surface area (Å²) < 4.78 is 0.547. The minimum Gasteiger partial charge on any atom is -0.478 e. The number of nitrogens with one attached hydrogen (secondary N) is 2. The van der Waals surface area contributed by atoms with Gasteiger partial charge in [-0.25, -0.2) is 4.79 Å². The molecule has 1 aromatic rings. The van der Waals surface area contributed by atoms with Gasteiger partial charge in [-0.2, -0.15) is 0 Å². The first-order chi connectivity index (χ1) is 10.9. The van der Waals surface area contributed by atoms with Crippen molar-refractivity contribution in [2.45, 2.75) is 31.7 Å². The van der Waals surface area contributed by atoms with E-state index in [0.717, 1.165) is 25.7 Å². The van der Waals surface area contributed by atoms with Gasteiger partial charge in [0.25, 0.3) is 5.91 Å². The number of carboxylic acid groups (broad SMARTS) is 1. The molecular weight excluding hydrogens is 364 g/mol. The van der Waals surface area contributed by atoms with Crippen molar-refractivity contribution in [2.75, 3.05) is 7.05 Å². The van der Waals surface area contributed by atoms with Crippen LogP contribution >= 0.6 is 15.9 Å². The predicted molar refractivity (Wildman–Crippen MR) is 88.4 cm³/mol. The Balaban J connectivity index is 1.98. The smallest absolute Gasteiger partial charge is 0.335 e. The lowest BCUT2D eigenvalue weighted by Crippen LogP contribution is -2.40. The van der Waals surface area contributed by atoms with Crippen LogP contribution in [0.15, 0.2) is 22.7 Å². The number of rotatable bonds is 4. The van der Waals surface area contributed by atoms with Gasteiger partial charge in [0, 0.05) is 29.0 Å². The molecule has 0 radical (unpaired) electrons. The highest BCUT2D eigenvalue weighted by Crippen LogP contribution is 2.25. The van der Waals surface area contributed by atoms with Gasteiger partial charge < -0.3 is 15.7 Å². The maximum absolute atomic E-state index is 12.3. The lowest BCUT2D eigenvalue weighted by Gasteiger charge is -2.28. The number of carbonyl (C=O) groups is 3. The van der Waals surface area contributed by atoms with Gasteiger partial charge in [-0.3, -0.25) is 9.59 Å². The van der Waals surface area contributed by atoms with Crippen LogP contribution in [0, 0.1) is 5.92 Å². The molecule has 0 heterocycles. The SMILES string of the molecule is CNC(=O)C1CCC(NC(=O)c2cc(Br)cc(C(=O)O)c2)CC1. The first kappa shape index (κ1) is 17.5. The van der Waals surface area contributed by atoms with Crippen LogP contribution in [0.1, 0.15) is 46.4 Å². The molecule has 0 bridgehead atoms. The van der Waals surface area contributed by atoms with E-state index in [0.29, 0.717) is 10.0 Å². The summed E-state index contributed by atoms with van der Waals surface area (Å²) in [6.45, 7) is 0. The third kappa shape index (κ3) is 4.54. The second-order valence-electron chi connectivity index (χ2n) is 5.67. The van der Waals surface area contributed by atoms with E-state index in [2.05, 4.69) is 26.6 Å². The number of amides is 2. The van der Waals surface area contributed by atoms with Crippen molar-refractivity contribution in [3.05, 3.63) is 33.8 Å². The number of carboxylic acids is 1. The second-order valence-corrected chi connectivity index (χ2v) is 6.59. The number of hydrogen-bond acceptors (Lipinski definition) is 3. The first-order valence-corrected chi connectivity index (χ1v) is 8.26. The van der Waals surface area contributed by atoms with Crippen molar-refractivity contribution in [1.82, 2.24) is 10.6 Å². The molecule has 2 rings (SSSR count). The Kier molecular flexibility index (Phi) is 5.76. The fourth-order valence-corrected chi connectivity index (χ4v) is 3.31. The molecule has 0 unspecified atom stereocenters.